The average molecular weight is 339 g/mol. The first kappa shape index (κ1) is 17.3. The standard InChI is InChI=1S/C20H25N3O2/c1-15-4-3-11-23(14-15)17-7-10-19(21-13-17)20(24)22-12-16-5-8-18(25-2)9-6-16/h5-10,13,15H,3-4,11-12,14H2,1-2H3,(H,22,24). The van der Waals surface area contributed by atoms with Crippen LogP contribution in [0.4, 0.5) is 5.69 Å². The number of amides is 1. The van der Waals surface area contributed by atoms with E-state index in [9.17, 15) is 4.79 Å². The predicted molar refractivity (Wildman–Crippen MR) is 99.0 cm³/mol. The maximum Gasteiger partial charge on any atom is 0.270 e. The van der Waals surface area contributed by atoms with Gasteiger partial charge in [0.05, 0.1) is 19.0 Å². The van der Waals surface area contributed by atoms with E-state index in [0.717, 1.165) is 30.1 Å². The summed E-state index contributed by atoms with van der Waals surface area (Å²) in [5, 5.41) is 2.90. The molecule has 0 spiro atoms. The van der Waals surface area contributed by atoms with Crippen molar-refractivity contribution >= 4 is 11.6 Å². The molecule has 132 valence electrons. The lowest BCUT2D eigenvalue weighted by Gasteiger charge is -2.32. The Bertz CT molecular complexity index is 698. The van der Waals surface area contributed by atoms with Gasteiger partial charge in [0.1, 0.15) is 11.4 Å². The van der Waals surface area contributed by atoms with Gasteiger partial charge >= 0.3 is 0 Å². The Morgan fingerprint density at radius 2 is 2.08 bits per heavy atom. The summed E-state index contributed by atoms with van der Waals surface area (Å²) >= 11 is 0. The number of rotatable bonds is 5. The van der Waals surface area contributed by atoms with Gasteiger partial charge in [-0.25, -0.2) is 4.98 Å². The summed E-state index contributed by atoms with van der Waals surface area (Å²) in [6.45, 7) is 4.87. The van der Waals surface area contributed by atoms with Crippen LogP contribution in [0.5, 0.6) is 5.75 Å². The number of hydrogen-bond acceptors (Lipinski definition) is 4. The fourth-order valence-corrected chi connectivity index (χ4v) is 3.15. The number of carbonyl (C=O) groups is 1. The second-order valence-corrected chi connectivity index (χ2v) is 6.63. The van der Waals surface area contributed by atoms with E-state index in [-0.39, 0.29) is 5.91 Å². The number of nitrogens with one attached hydrogen (secondary N) is 1. The van der Waals surface area contributed by atoms with Crippen LogP contribution < -0.4 is 15.0 Å². The molecular weight excluding hydrogens is 314 g/mol. The lowest BCUT2D eigenvalue weighted by molar-refractivity contribution is 0.0946. The number of piperidine rings is 1. The van der Waals surface area contributed by atoms with Crippen LogP contribution in [-0.2, 0) is 6.54 Å². The van der Waals surface area contributed by atoms with Gasteiger partial charge in [-0.15, -0.1) is 0 Å². The zero-order valence-electron chi connectivity index (χ0n) is 14.9. The van der Waals surface area contributed by atoms with Crippen LogP contribution >= 0.6 is 0 Å². The van der Waals surface area contributed by atoms with E-state index < -0.39 is 0 Å². The Morgan fingerprint density at radius 3 is 2.72 bits per heavy atom. The second kappa shape index (κ2) is 8.01. The highest BCUT2D eigenvalue weighted by Crippen LogP contribution is 2.22. The van der Waals surface area contributed by atoms with E-state index in [1.807, 2.05) is 30.3 Å². The molecule has 25 heavy (non-hydrogen) atoms. The molecule has 1 amide bonds. The molecular formula is C20H25N3O2. The molecule has 1 aliphatic rings. The van der Waals surface area contributed by atoms with Gasteiger partial charge in [-0.3, -0.25) is 4.79 Å². The van der Waals surface area contributed by atoms with Gasteiger partial charge in [0, 0.05) is 19.6 Å². The fourth-order valence-electron chi connectivity index (χ4n) is 3.15. The summed E-state index contributed by atoms with van der Waals surface area (Å²) in [6, 6.07) is 11.4. The minimum absolute atomic E-state index is 0.158. The Morgan fingerprint density at radius 1 is 1.28 bits per heavy atom. The maximum absolute atomic E-state index is 12.3. The number of methoxy groups -OCH3 is 1. The molecule has 1 unspecified atom stereocenters. The third-order valence-electron chi connectivity index (χ3n) is 4.61. The molecule has 1 saturated heterocycles. The van der Waals surface area contributed by atoms with E-state index in [4.69, 9.17) is 4.74 Å². The second-order valence-electron chi connectivity index (χ2n) is 6.63. The highest BCUT2D eigenvalue weighted by molar-refractivity contribution is 5.92. The molecule has 1 aromatic heterocycles. The highest BCUT2D eigenvalue weighted by Gasteiger charge is 2.17. The van der Waals surface area contributed by atoms with Crippen LogP contribution in [0.2, 0.25) is 0 Å². The van der Waals surface area contributed by atoms with E-state index >= 15 is 0 Å². The van der Waals surface area contributed by atoms with Gasteiger partial charge in [-0.2, -0.15) is 0 Å². The van der Waals surface area contributed by atoms with Crippen molar-refractivity contribution in [3.8, 4) is 5.75 Å². The van der Waals surface area contributed by atoms with Gasteiger partial charge in [0.15, 0.2) is 0 Å². The average Bonchev–Trinajstić information content (AvgIpc) is 2.66. The van der Waals surface area contributed by atoms with E-state index in [2.05, 4.69) is 22.1 Å². The van der Waals surface area contributed by atoms with E-state index in [1.165, 1.54) is 12.8 Å². The molecule has 1 aromatic carbocycles. The van der Waals surface area contributed by atoms with E-state index in [0.29, 0.717) is 18.2 Å². The minimum Gasteiger partial charge on any atom is -0.497 e. The summed E-state index contributed by atoms with van der Waals surface area (Å²) < 4.78 is 5.13. The number of benzene rings is 1. The third kappa shape index (κ3) is 4.50. The maximum atomic E-state index is 12.3. The number of anilines is 1. The van der Waals surface area contributed by atoms with Crippen molar-refractivity contribution in [1.29, 1.82) is 0 Å². The summed E-state index contributed by atoms with van der Waals surface area (Å²) in [4.78, 5) is 19.0. The van der Waals surface area contributed by atoms with Crippen molar-refractivity contribution in [1.82, 2.24) is 10.3 Å². The first-order valence-electron chi connectivity index (χ1n) is 8.78. The van der Waals surface area contributed by atoms with Gasteiger partial charge in [0.2, 0.25) is 0 Å². The molecule has 2 heterocycles. The monoisotopic (exact) mass is 339 g/mol. The Hall–Kier alpha value is -2.56. The molecule has 1 aliphatic heterocycles. The lowest BCUT2D eigenvalue weighted by atomic mass is 10.00. The van der Waals surface area contributed by atoms with Crippen molar-refractivity contribution in [3.05, 3.63) is 53.9 Å². The number of pyridine rings is 1. The molecule has 5 heteroatoms. The normalized spacial score (nSPS) is 17.2. The summed E-state index contributed by atoms with van der Waals surface area (Å²) in [6.07, 6.45) is 4.31. The molecule has 5 nitrogen and oxygen atoms in total. The lowest BCUT2D eigenvalue weighted by Crippen LogP contribution is -2.34. The largest absolute Gasteiger partial charge is 0.497 e. The number of carbonyl (C=O) groups excluding carboxylic acids is 1. The quantitative estimate of drug-likeness (QED) is 0.908. The van der Waals surface area contributed by atoms with Gasteiger partial charge in [-0.05, 0) is 48.6 Å². The molecule has 0 saturated carbocycles. The Balaban J connectivity index is 1.56. The molecule has 2 aromatic rings. The minimum atomic E-state index is -0.158. The van der Waals surface area contributed by atoms with Crippen molar-refractivity contribution in [2.75, 3.05) is 25.1 Å². The Kier molecular flexibility index (Phi) is 5.53. The van der Waals surface area contributed by atoms with Crippen molar-refractivity contribution < 1.29 is 9.53 Å². The smallest absolute Gasteiger partial charge is 0.270 e. The zero-order valence-corrected chi connectivity index (χ0v) is 14.9. The van der Waals surface area contributed by atoms with Crippen LogP contribution in [0, 0.1) is 5.92 Å². The molecule has 3 rings (SSSR count). The Labute approximate surface area is 149 Å². The van der Waals surface area contributed by atoms with Crippen molar-refractivity contribution in [2.45, 2.75) is 26.3 Å². The first-order chi connectivity index (χ1) is 12.2. The van der Waals surface area contributed by atoms with Crippen LogP contribution in [0.15, 0.2) is 42.6 Å². The number of aromatic nitrogens is 1. The number of nitrogens with zero attached hydrogens (tertiary/aromatic N) is 2. The molecule has 1 atom stereocenters. The van der Waals surface area contributed by atoms with Crippen LogP contribution in [0.3, 0.4) is 0 Å². The summed E-state index contributed by atoms with van der Waals surface area (Å²) in [5.74, 6) is 1.36. The molecule has 0 aliphatic carbocycles. The highest BCUT2D eigenvalue weighted by atomic mass is 16.5. The van der Waals surface area contributed by atoms with Gasteiger partial charge < -0.3 is 15.0 Å². The molecule has 1 N–H and O–H groups in total. The molecule has 0 bridgehead atoms. The van der Waals surface area contributed by atoms with Crippen LogP contribution in [-0.4, -0.2) is 31.1 Å². The summed E-state index contributed by atoms with van der Waals surface area (Å²) in [5.41, 5.74) is 2.56. The fraction of sp³-hybridized carbons (Fsp3) is 0.400. The van der Waals surface area contributed by atoms with Gasteiger partial charge in [0.25, 0.3) is 5.91 Å². The SMILES string of the molecule is COc1ccc(CNC(=O)c2ccc(N3CCCC(C)C3)cn2)cc1. The van der Waals surface area contributed by atoms with Crippen LogP contribution in [0.1, 0.15) is 35.8 Å². The zero-order chi connectivity index (χ0) is 17.6. The van der Waals surface area contributed by atoms with Crippen LogP contribution in [0.25, 0.3) is 0 Å². The number of ether oxygens (including phenoxy) is 1. The summed E-state index contributed by atoms with van der Waals surface area (Å²) in [7, 11) is 1.64. The first-order valence-corrected chi connectivity index (χ1v) is 8.78. The van der Waals surface area contributed by atoms with Crippen molar-refractivity contribution in [3.63, 3.8) is 0 Å². The third-order valence-corrected chi connectivity index (χ3v) is 4.61. The predicted octanol–water partition coefficient (Wildman–Crippen LogP) is 3.26. The number of hydrogen-bond donors (Lipinski definition) is 1. The molecule has 0 radical (unpaired) electrons. The van der Waals surface area contributed by atoms with Gasteiger partial charge in [-0.1, -0.05) is 19.1 Å². The molecule has 1 fully saturated rings. The van der Waals surface area contributed by atoms with E-state index in [1.54, 1.807) is 19.4 Å². The topological polar surface area (TPSA) is 54.5 Å². The van der Waals surface area contributed by atoms with Crippen molar-refractivity contribution in [2.24, 2.45) is 5.92 Å².